The Morgan fingerprint density at radius 1 is 1.22 bits per heavy atom. The van der Waals surface area contributed by atoms with Crippen molar-refractivity contribution in [1.29, 1.82) is 0 Å². The molecule has 3 heteroatoms. The summed E-state index contributed by atoms with van der Waals surface area (Å²) in [5.41, 5.74) is 3.59. The molecule has 1 saturated heterocycles. The van der Waals surface area contributed by atoms with E-state index in [1.807, 2.05) is 0 Å². The van der Waals surface area contributed by atoms with Crippen LogP contribution in [0.4, 0.5) is 0 Å². The molecule has 23 heavy (non-hydrogen) atoms. The van der Waals surface area contributed by atoms with Gasteiger partial charge in [-0.2, -0.15) is 0 Å². The van der Waals surface area contributed by atoms with Crippen molar-refractivity contribution in [3.05, 3.63) is 34.9 Å². The summed E-state index contributed by atoms with van der Waals surface area (Å²) in [5.74, 6) is 0.802. The van der Waals surface area contributed by atoms with Crippen molar-refractivity contribution in [1.82, 2.24) is 10.2 Å². The Balaban J connectivity index is 1.43. The molecule has 1 heterocycles. The molecule has 2 aliphatic rings. The molecule has 1 aromatic rings. The number of benzene rings is 1. The number of carbonyl (C=O) groups excluding carboxylic acids is 1. The van der Waals surface area contributed by atoms with Crippen LogP contribution in [0.3, 0.4) is 0 Å². The summed E-state index contributed by atoms with van der Waals surface area (Å²) in [7, 11) is 0. The zero-order valence-corrected chi connectivity index (χ0v) is 14.6. The van der Waals surface area contributed by atoms with Crippen molar-refractivity contribution >= 4 is 5.91 Å². The van der Waals surface area contributed by atoms with Gasteiger partial charge in [-0.3, -0.25) is 4.79 Å². The number of nitrogens with zero attached hydrogens (tertiary/aromatic N) is 1. The molecular formula is C20H30N2O. The molecular weight excluding hydrogens is 284 g/mol. The molecule has 126 valence electrons. The lowest BCUT2D eigenvalue weighted by Crippen LogP contribution is -2.34. The van der Waals surface area contributed by atoms with E-state index in [4.69, 9.17) is 0 Å². The Kier molecular flexibility index (Phi) is 5.37. The Morgan fingerprint density at radius 3 is 2.78 bits per heavy atom. The average Bonchev–Trinajstić information content (AvgIpc) is 3.19. The fourth-order valence-corrected chi connectivity index (χ4v) is 4.11. The molecule has 0 aromatic heterocycles. The van der Waals surface area contributed by atoms with E-state index >= 15 is 0 Å². The van der Waals surface area contributed by atoms with Gasteiger partial charge in [0.2, 0.25) is 5.91 Å². The van der Waals surface area contributed by atoms with Crippen LogP contribution in [0, 0.1) is 19.8 Å². The number of nitrogens with one attached hydrogen (secondary N) is 1. The number of rotatable bonds is 5. The maximum atomic E-state index is 12.2. The predicted molar refractivity (Wildman–Crippen MR) is 94.6 cm³/mol. The molecule has 2 fully saturated rings. The van der Waals surface area contributed by atoms with Crippen LogP contribution in [0.15, 0.2) is 18.2 Å². The van der Waals surface area contributed by atoms with Gasteiger partial charge in [0.25, 0.3) is 0 Å². The number of hydrogen-bond donors (Lipinski definition) is 1. The maximum Gasteiger partial charge on any atom is 0.224 e. The van der Waals surface area contributed by atoms with Crippen molar-refractivity contribution < 1.29 is 4.79 Å². The largest absolute Gasteiger partial charge is 0.355 e. The number of carbonyl (C=O) groups is 1. The van der Waals surface area contributed by atoms with Gasteiger partial charge in [-0.1, -0.05) is 36.6 Å². The quantitative estimate of drug-likeness (QED) is 0.905. The van der Waals surface area contributed by atoms with Crippen LogP contribution in [0.25, 0.3) is 0 Å². The third-order valence-electron chi connectivity index (χ3n) is 5.60. The number of likely N-dealkylation sites (tertiary alicyclic amines) is 1. The maximum absolute atomic E-state index is 12.2. The molecule has 0 bridgehead atoms. The molecule has 1 aromatic carbocycles. The predicted octanol–water partition coefficient (Wildman–Crippen LogP) is 3.23. The SMILES string of the molecule is Cc1ccc(C)c(CC(=O)NC[C@@H]2CCN(C3CCCC3)C2)c1. The lowest BCUT2D eigenvalue weighted by atomic mass is 10.0. The summed E-state index contributed by atoms with van der Waals surface area (Å²) in [6.45, 7) is 7.40. The molecule has 0 unspecified atom stereocenters. The standard InChI is InChI=1S/C20H30N2O/c1-15-7-8-16(2)18(11-15)12-20(23)21-13-17-9-10-22(14-17)19-5-3-4-6-19/h7-8,11,17,19H,3-6,9-10,12-14H2,1-2H3,(H,21,23)/t17-/m0/s1. The van der Waals surface area contributed by atoms with Gasteiger partial charge >= 0.3 is 0 Å². The third kappa shape index (κ3) is 4.35. The van der Waals surface area contributed by atoms with Gasteiger partial charge in [0.1, 0.15) is 0 Å². The van der Waals surface area contributed by atoms with E-state index in [1.165, 1.54) is 56.3 Å². The van der Waals surface area contributed by atoms with Crippen molar-refractivity contribution in [2.24, 2.45) is 5.92 Å². The summed E-state index contributed by atoms with van der Waals surface area (Å²) in [6.07, 6.45) is 7.31. The average molecular weight is 314 g/mol. The molecule has 3 rings (SSSR count). The summed E-state index contributed by atoms with van der Waals surface area (Å²) in [6, 6.07) is 7.17. The third-order valence-corrected chi connectivity index (χ3v) is 5.60. The normalized spacial score (nSPS) is 22.6. The van der Waals surface area contributed by atoms with Gasteiger partial charge in [-0.25, -0.2) is 0 Å². The first-order valence-electron chi connectivity index (χ1n) is 9.18. The van der Waals surface area contributed by atoms with E-state index < -0.39 is 0 Å². The molecule has 3 nitrogen and oxygen atoms in total. The van der Waals surface area contributed by atoms with Gasteiger partial charge in [-0.05, 0) is 56.7 Å². The van der Waals surface area contributed by atoms with Crippen molar-refractivity contribution in [2.45, 2.75) is 58.4 Å². The highest BCUT2D eigenvalue weighted by atomic mass is 16.1. The van der Waals surface area contributed by atoms with E-state index in [1.54, 1.807) is 0 Å². The first-order chi connectivity index (χ1) is 11.1. The first-order valence-corrected chi connectivity index (χ1v) is 9.18. The van der Waals surface area contributed by atoms with Crippen LogP contribution >= 0.6 is 0 Å². The molecule has 1 aliphatic heterocycles. The summed E-state index contributed by atoms with van der Waals surface area (Å²) in [5, 5.41) is 3.17. The molecule has 1 atom stereocenters. The number of aryl methyl sites for hydroxylation is 2. The van der Waals surface area contributed by atoms with E-state index in [-0.39, 0.29) is 5.91 Å². The summed E-state index contributed by atoms with van der Waals surface area (Å²) < 4.78 is 0. The molecule has 1 aliphatic carbocycles. The van der Waals surface area contributed by atoms with E-state index in [9.17, 15) is 4.79 Å². The smallest absolute Gasteiger partial charge is 0.224 e. The van der Waals surface area contributed by atoms with Gasteiger partial charge in [0.15, 0.2) is 0 Å². The second kappa shape index (κ2) is 7.48. The highest BCUT2D eigenvalue weighted by Gasteiger charge is 2.29. The van der Waals surface area contributed by atoms with E-state index in [0.29, 0.717) is 12.3 Å². The second-order valence-electron chi connectivity index (χ2n) is 7.50. The Hall–Kier alpha value is -1.35. The Labute approximate surface area is 140 Å². The lowest BCUT2D eigenvalue weighted by Gasteiger charge is -2.23. The van der Waals surface area contributed by atoms with Crippen molar-refractivity contribution in [3.63, 3.8) is 0 Å². The summed E-state index contributed by atoms with van der Waals surface area (Å²) in [4.78, 5) is 14.9. The number of amides is 1. The van der Waals surface area contributed by atoms with E-state index in [2.05, 4.69) is 42.3 Å². The highest BCUT2D eigenvalue weighted by molar-refractivity contribution is 5.79. The molecule has 0 radical (unpaired) electrons. The van der Waals surface area contributed by atoms with Gasteiger partial charge < -0.3 is 10.2 Å². The zero-order chi connectivity index (χ0) is 16.2. The van der Waals surface area contributed by atoms with Gasteiger partial charge in [0.05, 0.1) is 6.42 Å². The van der Waals surface area contributed by atoms with Crippen LogP contribution < -0.4 is 5.32 Å². The molecule has 1 saturated carbocycles. The summed E-state index contributed by atoms with van der Waals surface area (Å²) >= 11 is 0. The minimum atomic E-state index is 0.165. The lowest BCUT2D eigenvalue weighted by molar-refractivity contribution is -0.120. The minimum Gasteiger partial charge on any atom is -0.355 e. The molecule has 1 amide bonds. The molecule has 1 N–H and O–H groups in total. The number of hydrogen-bond acceptors (Lipinski definition) is 2. The fraction of sp³-hybridized carbons (Fsp3) is 0.650. The fourth-order valence-electron chi connectivity index (χ4n) is 4.11. The van der Waals surface area contributed by atoms with Crippen LogP contribution in [-0.4, -0.2) is 36.5 Å². The van der Waals surface area contributed by atoms with Gasteiger partial charge in [0, 0.05) is 19.1 Å². The zero-order valence-electron chi connectivity index (χ0n) is 14.6. The van der Waals surface area contributed by atoms with Crippen LogP contribution in [0.1, 0.15) is 48.8 Å². The minimum absolute atomic E-state index is 0.165. The van der Waals surface area contributed by atoms with Crippen LogP contribution in [0.5, 0.6) is 0 Å². The monoisotopic (exact) mass is 314 g/mol. The van der Waals surface area contributed by atoms with Gasteiger partial charge in [-0.15, -0.1) is 0 Å². The van der Waals surface area contributed by atoms with Crippen LogP contribution in [-0.2, 0) is 11.2 Å². The first kappa shape index (κ1) is 16.5. The van der Waals surface area contributed by atoms with E-state index in [0.717, 1.165) is 18.2 Å². The Bertz CT molecular complexity index is 549. The van der Waals surface area contributed by atoms with Crippen LogP contribution in [0.2, 0.25) is 0 Å². The highest BCUT2D eigenvalue weighted by Crippen LogP contribution is 2.28. The Morgan fingerprint density at radius 2 is 2.00 bits per heavy atom. The molecule has 0 spiro atoms. The van der Waals surface area contributed by atoms with Crippen molar-refractivity contribution in [2.75, 3.05) is 19.6 Å². The topological polar surface area (TPSA) is 32.3 Å². The second-order valence-corrected chi connectivity index (χ2v) is 7.50. The van der Waals surface area contributed by atoms with Crippen molar-refractivity contribution in [3.8, 4) is 0 Å².